The molecule has 0 aromatic carbocycles. The zero-order valence-corrected chi connectivity index (χ0v) is 12.2. The summed E-state index contributed by atoms with van der Waals surface area (Å²) in [6, 6.07) is 0. The largest absolute Gasteiger partial charge is 0.383 e. The van der Waals surface area contributed by atoms with Gasteiger partial charge in [0.15, 0.2) is 5.11 Å². The Morgan fingerprint density at radius 3 is 2.82 bits per heavy atom. The van der Waals surface area contributed by atoms with Crippen molar-refractivity contribution < 1.29 is 4.74 Å². The molecule has 100 valence electrons. The monoisotopic (exact) mass is 258 g/mol. The van der Waals surface area contributed by atoms with Gasteiger partial charge < -0.3 is 15.0 Å². The van der Waals surface area contributed by atoms with Crippen molar-refractivity contribution >= 4 is 17.3 Å². The fraction of sp³-hybridized carbons (Fsp3) is 0.923. The molecule has 0 amide bonds. The molecule has 1 rings (SSSR count). The van der Waals surface area contributed by atoms with Crippen molar-refractivity contribution in [3.63, 3.8) is 0 Å². The molecule has 0 aromatic heterocycles. The number of rotatable bonds is 4. The van der Waals surface area contributed by atoms with Gasteiger partial charge in [-0.3, -0.25) is 0 Å². The smallest absolute Gasteiger partial charge is 0.169 e. The van der Waals surface area contributed by atoms with Gasteiger partial charge in [-0.05, 0) is 43.3 Å². The lowest BCUT2D eigenvalue weighted by atomic mass is 9.89. The average molecular weight is 258 g/mol. The summed E-state index contributed by atoms with van der Waals surface area (Å²) >= 11 is 5.41. The van der Waals surface area contributed by atoms with Crippen molar-refractivity contribution in [2.45, 2.75) is 33.1 Å². The normalized spacial score (nSPS) is 21.4. The summed E-state index contributed by atoms with van der Waals surface area (Å²) in [5.74, 6) is 1.66. The second kappa shape index (κ2) is 7.88. The Hall–Kier alpha value is -0.350. The van der Waals surface area contributed by atoms with Crippen LogP contribution in [0.3, 0.4) is 0 Å². The third kappa shape index (κ3) is 5.21. The van der Waals surface area contributed by atoms with Gasteiger partial charge in [0.1, 0.15) is 0 Å². The summed E-state index contributed by atoms with van der Waals surface area (Å²) in [6.45, 7) is 8.37. The first-order chi connectivity index (χ1) is 8.15. The fourth-order valence-corrected chi connectivity index (χ4v) is 2.65. The van der Waals surface area contributed by atoms with E-state index < -0.39 is 0 Å². The quantitative estimate of drug-likeness (QED) is 0.617. The lowest BCUT2D eigenvalue weighted by Crippen LogP contribution is -2.41. The molecule has 1 saturated heterocycles. The van der Waals surface area contributed by atoms with E-state index in [0.29, 0.717) is 6.61 Å². The van der Waals surface area contributed by atoms with Crippen LogP contribution in [-0.2, 0) is 4.74 Å². The minimum Gasteiger partial charge on any atom is -0.383 e. The van der Waals surface area contributed by atoms with Crippen molar-refractivity contribution in [1.82, 2.24) is 10.2 Å². The second-order valence-corrected chi connectivity index (χ2v) is 5.53. The first kappa shape index (κ1) is 14.7. The lowest BCUT2D eigenvalue weighted by molar-refractivity contribution is 0.203. The first-order valence-electron chi connectivity index (χ1n) is 6.67. The number of ether oxygens (including phenoxy) is 1. The molecule has 0 aromatic rings. The molecular formula is C13H26N2OS. The fourth-order valence-electron chi connectivity index (χ4n) is 2.36. The highest BCUT2D eigenvalue weighted by atomic mass is 32.1. The molecule has 1 aliphatic rings. The molecule has 0 aliphatic carbocycles. The van der Waals surface area contributed by atoms with Crippen LogP contribution in [-0.4, -0.2) is 43.4 Å². The molecule has 1 atom stereocenters. The minimum absolute atomic E-state index is 0.711. The van der Waals surface area contributed by atoms with E-state index in [4.69, 9.17) is 17.0 Å². The molecule has 1 N–H and O–H groups in total. The van der Waals surface area contributed by atoms with Gasteiger partial charge in [0.25, 0.3) is 0 Å². The zero-order chi connectivity index (χ0) is 12.7. The molecule has 3 nitrogen and oxygen atoms in total. The van der Waals surface area contributed by atoms with E-state index in [1.54, 1.807) is 7.11 Å². The zero-order valence-electron chi connectivity index (χ0n) is 11.4. The molecule has 0 saturated carbocycles. The van der Waals surface area contributed by atoms with Crippen molar-refractivity contribution in [2.24, 2.45) is 11.8 Å². The van der Waals surface area contributed by atoms with Gasteiger partial charge in [0.2, 0.25) is 0 Å². The van der Waals surface area contributed by atoms with E-state index in [0.717, 1.165) is 36.6 Å². The summed E-state index contributed by atoms with van der Waals surface area (Å²) in [5.41, 5.74) is 0. The molecule has 1 fully saturated rings. The third-order valence-electron chi connectivity index (χ3n) is 3.59. The third-order valence-corrected chi connectivity index (χ3v) is 3.99. The van der Waals surface area contributed by atoms with Crippen molar-refractivity contribution in [3.8, 4) is 0 Å². The topological polar surface area (TPSA) is 24.5 Å². The summed E-state index contributed by atoms with van der Waals surface area (Å²) < 4.78 is 5.01. The predicted octanol–water partition coefficient (Wildman–Crippen LogP) is 2.27. The van der Waals surface area contributed by atoms with Crippen LogP contribution >= 0.6 is 12.2 Å². The summed E-state index contributed by atoms with van der Waals surface area (Å²) in [4.78, 5) is 2.31. The van der Waals surface area contributed by atoms with Crippen LogP contribution in [0.4, 0.5) is 0 Å². The van der Waals surface area contributed by atoms with Gasteiger partial charge >= 0.3 is 0 Å². The molecular weight excluding hydrogens is 232 g/mol. The summed E-state index contributed by atoms with van der Waals surface area (Å²) in [5, 5.41) is 4.15. The van der Waals surface area contributed by atoms with Crippen LogP contribution in [0.2, 0.25) is 0 Å². The highest BCUT2D eigenvalue weighted by Crippen LogP contribution is 2.24. The number of hydrogen-bond donors (Lipinski definition) is 1. The standard InChI is InChI=1S/C13H26N2OS/c1-11(2)12-5-4-8-15(9-6-12)13(17)14-7-10-16-3/h11-12H,4-10H2,1-3H3,(H,14,17). The van der Waals surface area contributed by atoms with Gasteiger partial charge in [-0.15, -0.1) is 0 Å². The van der Waals surface area contributed by atoms with E-state index in [2.05, 4.69) is 24.1 Å². The number of hydrogen-bond acceptors (Lipinski definition) is 2. The molecule has 0 radical (unpaired) electrons. The van der Waals surface area contributed by atoms with Crippen LogP contribution < -0.4 is 5.32 Å². The van der Waals surface area contributed by atoms with Crippen LogP contribution in [0.5, 0.6) is 0 Å². The molecule has 1 unspecified atom stereocenters. The first-order valence-corrected chi connectivity index (χ1v) is 7.07. The Kier molecular flexibility index (Phi) is 6.82. The van der Waals surface area contributed by atoms with Gasteiger partial charge in [-0.1, -0.05) is 13.8 Å². The SMILES string of the molecule is COCCNC(=S)N1CCCC(C(C)C)CC1. The van der Waals surface area contributed by atoms with E-state index in [1.165, 1.54) is 19.3 Å². The maximum atomic E-state index is 5.41. The Bertz CT molecular complexity index is 233. The molecule has 1 aliphatic heterocycles. The Labute approximate surface area is 111 Å². The van der Waals surface area contributed by atoms with Gasteiger partial charge in [-0.2, -0.15) is 0 Å². The molecule has 1 heterocycles. The number of nitrogens with zero attached hydrogens (tertiary/aromatic N) is 1. The molecule has 0 spiro atoms. The highest BCUT2D eigenvalue weighted by Gasteiger charge is 2.20. The van der Waals surface area contributed by atoms with Crippen molar-refractivity contribution in [1.29, 1.82) is 0 Å². The molecule has 4 heteroatoms. The molecule has 17 heavy (non-hydrogen) atoms. The van der Waals surface area contributed by atoms with Crippen LogP contribution in [0.1, 0.15) is 33.1 Å². The van der Waals surface area contributed by atoms with E-state index in [1.807, 2.05) is 0 Å². The van der Waals surface area contributed by atoms with Crippen LogP contribution in [0, 0.1) is 11.8 Å². The second-order valence-electron chi connectivity index (χ2n) is 5.15. The van der Waals surface area contributed by atoms with E-state index >= 15 is 0 Å². The van der Waals surface area contributed by atoms with E-state index in [-0.39, 0.29) is 0 Å². The highest BCUT2D eigenvalue weighted by molar-refractivity contribution is 7.80. The summed E-state index contributed by atoms with van der Waals surface area (Å²) in [7, 11) is 1.71. The number of thiocarbonyl (C=S) groups is 1. The van der Waals surface area contributed by atoms with Crippen LogP contribution in [0.15, 0.2) is 0 Å². The predicted molar refractivity (Wildman–Crippen MR) is 76.2 cm³/mol. The average Bonchev–Trinajstić information content (AvgIpc) is 2.54. The summed E-state index contributed by atoms with van der Waals surface area (Å²) in [6.07, 6.45) is 3.87. The lowest BCUT2D eigenvalue weighted by Gasteiger charge is -2.24. The van der Waals surface area contributed by atoms with Gasteiger partial charge in [-0.25, -0.2) is 0 Å². The Balaban J connectivity index is 2.32. The van der Waals surface area contributed by atoms with Crippen LogP contribution in [0.25, 0.3) is 0 Å². The van der Waals surface area contributed by atoms with Crippen molar-refractivity contribution in [2.75, 3.05) is 33.4 Å². The maximum absolute atomic E-state index is 5.41. The van der Waals surface area contributed by atoms with Crippen molar-refractivity contribution in [3.05, 3.63) is 0 Å². The number of likely N-dealkylation sites (tertiary alicyclic amines) is 1. The van der Waals surface area contributed by atoms with Gasteiger partial charge in [0, 0.05) is 26.7 Å². The molecule has 0 bridgehead atoms. The Morgan fingerprint density at radius 2 is 2.18 bits per heavy atom. The number of methoxy groups -OCH3 is 1. The Morgan fingerprint density at radius 1 is 1.41 bits per heavy atom. The maximum Gasteiger partial charge on any atom is 0.169 e. The van der Waals surface area contributed by atoms with Gasteiger partial charge in [0.05, 0.1) is 6.61 Å². The van der Waals surface area contributed by atoms with E-state index in [9.17, 15) is 0 Å². The number of nitrogens with one attached hydrogen (secondary N) is 1. The minimum atomic E-state index is 0.711.